The Morgan fingerprint density at radius 2 is 1.79 bits per heavy atom. The standard InChI is InChI=1S/C23H18ClN3O/c24-18-10-6-7-16(15-18)20-19-11-4-5-14-27(19)21(25-20)22(28)26-23(12-13-23)17-8-2-1-3-9-17/h1-11,14-15H,12-13H2,(H,26,28)/p+1. The largest absolute Gasteiger partial charge is 0.351 e. The summed E-state index contributed by atoms with van der Waals surface area (Å²) in [5.74, 6) is 0.392. The molecule has 2 N–H and O–H groups in total. The molecular weight excluding hydrogens is 370 g/mol. The number of nitrogens with zero attached hydrogens (tertiary/aromatic N) is 1. The molecule has 4 aromatic rings. The molecule has 2 aromatic heterocycles. The van der Waals surface area contributed by atoms with Gasteiger partial charge in [-0.2, -0.15) is 4.40 Å². The molecule has 0 aliphatic heterocycles. The van der Waals surface area contributed by atoms with Crippen molar-refractivity contribution >= 4 is 23.0 Å². The summed E-state index contributed by atoms with van der Waals surface area (Å²) in [4.78, 5) is 16.5. The van der Waals surface area contributed by atoms with Gasteiger partial charge in [-0.3, -0.25) is 4.79 Å². The summed E-state index contributed by atoms with van der Waals surface area (Å²) in [7, 11) is 0. The van der Waals surface area contributed by atoms with Crippen molar-refractivity contribution in [1.29, 1.82) is 0 Å². The molecule has 1 aliphatic rings. The smallest absolute Gasteiger partial charge is 0.336 e. The van der Waals surface area contributed by atoms with Crippen molar-refractivity contribution in [3.63, 3.8) is 0 Å². The molecule has 0 radical (unpaired) electrons. The SMILES string of the molecule is O=C(NC1(c2ccccc2)CC1)c1[nH]c(-c2cccc(Cl)c2)c2cccc[n+]12. The normalized spacial score (nSPS) is 14.8. The first-order valence-electron chi connectivity index (χ1n) is 9.33. The number of hydrogen-bond donors (Lipinski definition) is 2. The third-order valence-corrected chi connectivity index (χ3v) is 5.59. The van der Waals surface area contributed by atoms with Crippen LogP contribution in [-0.4, -0.2) is 10.9 Å². The highest BCUT2D eigenvalue weighted by molar-refractivity contribution is 6.30. The van der Waals surface area contributed by atoms with Crippen molar-refractivity contribution in [3.05, 3.63) is 95.4 Å². The van der Waals surface area contributed by atoms with E-state index in [1.807, 2.05) is 71.3 Å². The molecule has 5 heteroatoms. The van der Waals surface area contributed by atoms with Gasteiger partial charge in [-0.15, -0.1) is 0 Å². The van der Waals surface area contributed by atoms with E-state index in [-0.39, 0.29) is 11.4 Å². The Hall–Kier alpha value is -3.11. The van der Waals surface area contributed by atoms with Gasteiger partial charge in [0.1, 0.15) is 0 Å². The van der Waals surface area contributed by atoms with E-state index in [0.717, 1.165) is 35.2 Å². The first-order chi connectivity index (χ1) is 13.7. The summed E-state index contributed by atoms with van der Waals surface area (Å²) >= 11 is 6.18. The highest BCUT2D eigenvalue weighted by atomic mass is 35.5. The second-order valence-corrected chi connectivity index (χ2v) is 7.65. The molecule has 0 saturated heterocycles. The molecule has 138 valence electrons. The second kappa shape index (κ2) is 6.50. The van der Waals surface area contributed by atoms with Crippen LogP contribution in [0.2, 0.25) is 5.02 Å². The second-order valence-electron chi connectivity index (χ2n) is 7.22. The first-order valence-corrected chi connectivity index (χ1v) is 9.70. The molecule has 1 amide bonds. The number of carbonyl (C=O) groups is 1. The predicted octanol–water partition coefficient (Wildman–Crippen LogP) is 4.49. The van der Waals surface area contributed by atoms with Gasteiger partial charge in [0.2, 0.25) is 0 Å². The van der Waals surface area contributed by atoms with E-state index in [2.05, 4.69) is 22.4 Å². The fraction of sp³-hybridized carbons (Fsp3) is 0.130. The lowest BCUT2D eigenvalue weighted by Gasteiger charge is -2.16. The fourth-order valence-electron chi connectivity index (χ4n) is 3.76. The minimum atomic E-state index is -0.263. The molecular formula is C23H19ClN3O+. The van der Waals surface area contributed by atoms with Gasteiger partial charge >= 0.3 is 11.7 Å². The first kappa shape index (κ1) is 17.0. The third kappa shape index (κ3) is 2.86. The summed E-state index contributed by atoms with van der Waals surface area (Å²) in [6, 6.07) is 23.7. The van der Waals surface area contributed by atoms with E-state index in [9.17, 15) is 4.79 Å². The van der Waals surface area contributed by atoms with E-state index in [1.165, 1.54) is 0 Å². The Bertz CT molecular complexity index is 1180. The van der Waals surface area contributed by atoms with Crippen LogP contribution in [0.25, 0.3) is 16.8 Å². The lowest BCUT2D eigenvalue weighted by molar-refractivity contribution is -0.514. The number of aromatic amines is 1. The van der Waals surface area contributed by atoms with Crippen molar-refractivity contribution < 1.29 is 9.20 Å². The number of aromatic nitrogens is 2. The minimum Gasteiger partial charge on any atom is -0.336 e. The Morgan fingerprint density at radius 1 is 1.00 bits per heavy atom. The summed E-state index contributed by atoms with van der Waals surface area (Å²) in [6.45, 7) is 0. The molecule has 0 bridgehead atoms. The number of fused-ring (bicyclic) bond motifs is 1. The van der Waals surface area contributed by atoms with Crippen molar-refractivity contribution in [3.8, 4) is 11.3 Å². The average Bonchev–Trinajstić information content (AvgIpc) is 3.40. The van der Waals surface area contributed by atoms with Gasteiger partial charge in [0, 0.05) is 10.6 Å². The zero-order chi connectivity index (χ0) is 19.1. The zero-order valence-electron chi connectivity index (χ0n) is 15.2. The van der Waals surface area contributed by atoms with Crippen molar-refractivity contribution in [2.45, 2.75) is 18.4 Å². The van der Waals surface area contributed by atoms with Crippen LogP contribution in [0.1, 0.15) is 29.0 Å². The molecule has 0 atom stereocenters. The zero-order valence-corrected chi connectivity index (χ0v) is 15.9. The van der Waals surface area contributed by atoms with Crippen LogP contribution in [0.5, 0.6) is 0 Å². The maximum absolute atomic E-state index is 13.2. The van der Waals surface area contributed by atoms with Crippen LogP contribution >= 0.6 is 11.6 Å². The van der Waals surface area contributed by atoms with Gasteiger partial charge in [-0.1, -0.05) is 60.1 Å². The quantitative estimate of drug-likeness (QED) is 0.497. The van der Waals surface area contributed by atoms with Gasteiger partial charge in [0.05, 0.1) is 11.7 Å². The van der Waals surface area contributed by atoms with Crippen LogP contribution in [-0.2, 0) is 5.54 Å². The maximum Gasteiger partial charge on any atom is 0.351 e. The topological polar surface area (TPSA) is 49.0 Å². The van der Waals surface area contributed by atoms with Gasteiger partial charge in [-0.25, -0.2) is 4.98 Å². The molecule has 1 aliphatic carbocycles. The summed E-state index contributed by atoms with van der Waals surface area (Å²) in [5, 5.41) is 3.91. The van der Waals surface area contributed by atoms with Crippen LogP contribution in [0.3, 0.4) is 0 Å². The number of nitrogens with one attached hydrogen (secondary N) is 2. The number of hydrogen-bond acceptors (Lipinski definition) is 1. The molecule has 1 saturated carbocycles. The maximum atomic E-state index is 13.2. The molecule has 5 rings (SSSR count). The van der Waals surface area contributed by atoms with Crippen LogP contribution in [0, 0.1) is 0 Å². The molecule has 2 aromatic carbocycles. The minimum absolute atomic E-state index is 0.115. The van der Waals surface area contributed by atoms with E-state index in [4.69, 9.17) is 11.6 Å². The van der Waals surface area contributed by atoms with Gasteiger partial charge < -0.3 is 5.32 Å². The van der Waals surface area contributed by atoms with Crippen molar-refractivity contribution in [1.82, 2.24) is 10.3 Å². The van der Waals surface area contributed by atoms with Crippen molar-refractivity contribution in [2.24, 2.45) is 0 Å². The molecule has 1 fully saturated rings. The van der Waals surface area contributed by atoms with Gasteiger partial charge in [0.25, 0.3) is 0 Å². The average molecular weight is 389 g/mol. The Kier molecular flexibility index (Phi) is 3.95. The Balaban J connectivity index is 1.56. The van der Waals surface area contributed by atoms with E-state index < -0.39 is 0 Å². The number of pyridine rings is 1. The molecule has 2 heterocycles. The lowest BCUT2D eigenvalue weighted by atomic mass is 10.1. The number of H-pyrrole nitrogens is 1. The van der Waals surface area contributed by atoms with E-state index in [0.29, 0.717) is 10.8 Å². The predicted molar refractivity (Wildman–Crippen MR) is 109 cm³/mol. The van der Waals surface area contributed by atoms with Gasteiger partial charge in [0.15, 0.2) is 11.2 Å². The number of halogens is 1. The summed E-state index contributed by atoms with van der Waals surface area (Å²) in [6.07, 6.45) is 3.80. The van der Waals surface area contributed by atoms with Crippen molar-refractivity contribution in [2.75, 3.05) is 0 Å². The third-order valence-electron chi connectivity index (χ3n) is 5.36. The molecule has 0 unspecified atom stereocenters. The Labute approximate surface area is 167 Å². The number of benzene rings is 2. The van der Waals surface area contributed by atoms with Crippen LogP contribution in [0.15, 0.2) is 79.0 Å². The fourth-order valence-corrected chi connectivity index (χ4v) is 3.95. The lowest BCUT2D eigenvalue weighted by Crippen LogP contribution is -2.40. The number of imidazole rings is 1. The van der Waals surface area contributed by atoms with E-state index >= 15 is 0 Å². The van der Waals surface area contributed by atoms with Crippen LogP contribution < -0.4 is 9.72 Å². The number of rotatable bonds is 4. The molecule has 0 spiro atoms. The molecule has 28 heavy (non-hydrogen) atoms. The number of amides is 1. The summed E-state index contributed by atoms with van der Waals surface area (Å²) in [5.41, 5.74) is 3.64. The summed E-state index contributed by atoms with van der Waals surface area (Å²) < 4.78 is 1.90. The highest BCUT2D eigenvalue weighted by Crippen LogP contribution is 2.45. The highest BCUT2D eigenvalue weighted by Gasteiger charge is 2.47. The van der Waals surface area contributed by atoms with E-state index in [1.54, 1.807) is 0 Å². The Morgan fingerprint density at radius 3 is 2.54 bits per heavy atom. The number of carbonyl (C=O) groups excluding carboxylic acids is 1. The monoisotopic (exact) mass is 388 g/mol. The molecule has 4 nitrogen and oxygen atoms in total. The van der Waals surface area contributed by atoms with Gasteiger partial charge in [-0.05, 0) is 42.7 Å². The van der Waals surface area contributed by atoms with Crippen LogP contribution in [0.4, 0.5) is 0 Å².